The minimum atomic E-state index is -0.163. The highest BCUT2D eigenvalue weighted by Crippen LogP contribution is 2.30. The molecule has 1 amide bonds. The van der Waals surface area contributed by atoms with Gasteiger partial charge in [-0.2, -0.15) is 0 Å². The van der Waals surface area contributed by atoms with Gasteiger partial charge in [-0.3, -0.25) is 4.79 Å². The summed E-state index contributed by atoms with van der Waals surface area (Å²) in [5.41, 5.74) is 4.23. The van der Waals surface area contributed by atoms with Crippen LogP contribution in [0.1, 0.15) is 17.3 Å². The fourth-order valence-corrected chi connectivity index (χ4v) is 3.89. The van der Waals surface area contributed by atoms with Crippen LogP contribution in [0.25, 0.3) is 21.8 Å². The maximum atomic E-state index is 12.5. The van der Waals surface area contributed by atoms with Gasteiger partial charge in [-0.05, 0) is 55.5 Å². The second-order valence-electron chi connectivity index (χ2n) is 6.53. The molecule has 1 aromatic heterocycles. The van der Waals surface area contributed by atoms with Gasteiger partial charge in [-0.25, -0.2) is 4.98 Å². The molecule has 0 saturated carbocycles. The number of benzene rings is 3. The van der Waals surface area contributed by atoms with E-state index in [0.717, 1.165) is 33.3 Å². The fraction of sp³-hybridized carbons (Fsp3) is 0.0833. The molecule has 6 heteroatoms. The SMILES string of the molecule is CCOc1ccc(C(=O)Nc2ccc(-c3csc(-c4ccc(Cl)cc4)n3)cc2)cc1. The molecule has 3 aromatic carbocycles. The summed E-state index contributed by atoms with van der Waals surface area (Å²) in [5.74, 6) is 0.587. The van der Waals surface area contributed by atoms with Crippen molar-refractivity contribution < 1.29 is 9.53 Å². The molecule has 150 valence electrons. The number of ether oxygens (including phenoxy) is 1. The summed E-state index contributed by atoms with van der Waals surface area (Å²) in [5, 5.41) is 6.59. The number of aromatic nitrogens is 1. The summed E-state index contributed by atoms with van der Waals surface area (Å²) in [6.45, 7) is 2.52. The molecular weight excluding hydrogens is 416 g/mol. The van der Waals surface area contributed by atoms with Crippen LogP contribution in [0, 0.1) is 0 Å². The van der Waals surface area contributed by atoms with Gasteiger partial charge < -0.3 is 10.1 Å². The predicted octanol–water partition coefficient (Wildman–Crippen LogP) is 6.78. The summed E-state index contributed by atoms with van der Waals surface area (Å²) in [6, 6.07) is 22.4. The average Bonchev–Trinajstić information content (AvgIpc) is 3.26. The van der Waals surface area contributed by atoms with Gasteiger partial charge in [-0.15, -0.1) is 11.3 Å². The Morgan fingerprint density at radius 2 is 1.63 bits per heavy atom. The molecule has 4 rings (SSSR count). The molecule has 4 aromatic rings. The summed E-state index contributed by atoms with van der Waals surface area (Å²) in [4.78, 5) is 17.2. The van der Waals surface area contributed by atoms with E-state index in [4.69, 9.17) is 21.3 Å². The van der Waals surface area contributed by atoms with Gasteiger partial charge >= 0.3 is 0 Å². The number of halogens is 1. The molecule has 0 bridgehead atoms. The molecule has 0 atom stereocenters. The third-order valence-electron chi connectivity index (χ3n) is 4.46. The van der Waals surface area contributed by atoms with E-state index in [-0.39, 0.29) is 5.91 Å². The molecular formula is C24H19ClN2O2S. The van der Waals surface area contributed by atoms with E-state index in [1.165, 1.54) is 0 Å². The Bertz CT molecular complexity index is 1140. The van der Waals surface area contributed by atoms with Crippen molar-refractivity contribution >= 4 is 34.5 Å². The summed E-state index contributed by atoms with van der Waals surface area (Å²) < 4.78 is 5.41. The Morgan fingerprint density at radius 1 is 0.967 bits per heavy atom. The van der Waals surface area contributed by atoms with Crippen molar-refractivity contribution in [1.29, 1.82) is 0 Å². The van der Waals surface area contributed by atoms with Crippen molar-refractivity contribution in [3.63, 3.8) is 0 Å². The largest absolute Gasteiger partial charge is 0.494 e. The molecule has 0 unspecified atom stereocenters. The van der Waals surface area contributed by atoms with Crippen molar-refractivity contribution in [2.45, 2.75) is 6.92 Å². The third kappa shape index (κ3) is 4.70. The lowest BCUT2D eigenvalue weighted by atomic mass is 10.1. The molecule has 0 aliphatic heterocycles. The first kappa shape index (κ1) is 20.1. The molecule has 1 heterocycles. The van der Waals surface area contributed by atoms with Gasteiger partial charge in [-0.1, -0.05) is 35.9 Å². The van der Waals surface area contributed by atoms with Crippen molar-refractivity contribution in [3.8, 4) is 27.6 Å². The fourth-order valence-electron chi connectivity index (χ4n) is 2.93. The van der Waals surface area contributed by atoms with Crippen LogP contribution < -0.4 is 10.1 Å². The minimum Gasteiger partial charge on any atom is -0.494 e. The van der Waals surface area contributed by atoms with Crippen LogP contribution in [0.15, 0.2) is 78.2 Å². The van der Waals surface area contributed by atoms with Gasteiger partial charge in [0.1, 0.15) is 10.8 Å². The van der Waals surface area contributed by atoms with Crippen LogP contribution in [0.3, 0.4) is 0 Å². The molecule has 0 saturated heterocycles. The van der Waals surface area contributed by atoms with Crippen LogP contribution in [-0.4, -0.2) is 17.5 Å². The summed E-state index contributed by atoms with van der Waals surface area (Å²) in [6.07, 6.45) is 0. The number of amides is 1. The number of rotatable bonds is 6. The van der Waals surface area contributed by atoms with E-state index in [1.807, 2.05) is 60.8 Å². The molecule has 4 nitrogen and oxygen atoms in total. The normalized spacial score (nSPS) is 10.6. The van der Waals surface area contributed by atoms with Gasteiger partial charge in [0.15, 0.2) is 0 Å². The van der Waals surface area contributed by atoms with Crippen LogP contribution in [0.4, 0.5) is 5.69 Å². The molecule has 0 radical (unpaired) electrons. The predicted molar refractivity (Wildman–Crippen MR) is 124 cm³/mol. The number of nitrogens with zero attached hydrogens (tertiary/aromatic N) is 1. The Kier molecular flexibility index (Phi) is 6.12. The van der Waals surface area contributed by atoms with Crippen molar-refractivity contribution in [2.75, 3.05) is 11.9 Å². The number of hydrogen-bond acceptors (Lipinski definition) is 4. The Morgan fingerprint density at radius 3 is 2.30 bits per heavy atom. The maximum Gasteiger partial charge on any atom is 0.255 e. The number of carbonyl (C=O) groups is 1. The zero-order chi connectivity index (χ0) is 20.9. The monoisotopic (exact) mass is 434 g/mol. The Labute approximate surface area is 184 Å². The van der Waals surface area contributed by atoms with Gasteiger partial charge in [0.25, 0.3) is 5.91 Å². The lowest BCUT2D eigenvalue weighted by Crippen LogP contribution is -2.11. The lowest BCUT2D eigenvalue weighted by Gasteiger charge is -2.07. The van der Waals surface area contributed by atoms with Crippen LogP contribution in [-0.2, 0) is 0 Å². The standard InChI is InChI=1S/C24H19ClN2O2S/c1-2-29-21-13-7-17(8-14-21)23(28)26-20-11-5-16(6-12-20)22-15-30-24(27-22)18-3-9-19(25)10-4-18/h3-15H,2H2,1H3,(H,26,28). The zero-order valence-corrected chi connectivity index (χ0v) is 17.8. The first-order valence-corrected chi connectivity index (χ1v) is 10.7. The smallest absolute Gasteiger partial charge is 0.255 e. The van der Waals surface area contributed by atoms with Gasteiger partial charge in [0, 0.05) is 32.8 Å². The lowest BCUT2D eigenvalue weighted by molar-refractivity contribution is 0.102. The number of hydrogen-bond donors (Lipinski definition) is 1. The van der Waals surface area contributed by atoms with Gasteiger partial charge in [0.05, 0.1) is 12.3 Å². The van der Waals surface area contributed by atoms with Crippen LogP contribution in [0.5, 0.6) is 5.75 Å². The highest BCUT2D eigenvalue weighted by Gasteiger charge is 2.09. The van der Waals surface area contributed by atoms with Gasteiger partial charge in [0.2, 0.25) is 0 Å². The third-order valence-corrected chi connectivity index (χ3v) is 5.60. The van der Waals surface area contributed by atoms with E-state index in [9.17, 15) is 4.79 Å². The first-order chi connectivity index (χ1) is 14.6. The van der Waals surface area contributed by atoms with E-state index >= 15 is 0 Å². The van der Waals surface area contributed by atoms with Crippen LogP contribution >= 0.6 is 22.9 Å². The van der Waals surface area contributed by atoms with Crippen molar-refractivity contribution in [2.24, 2.45) is 0 Å². The topological polar surface area (TPSA) is 51.2 Å². The molecule has 0 spiro atoms. The van der Waals surface area contributed by atoms with Crippen molar-refractivity contribution in [3.05, 3.63) is 88.8 Å². The second-order valence-corrected chi connectivity index (χ2v) is 7.83. The summed E-state index contributed by atoms with van der Waals surface area (Å²) in [7, 11) is 0. The average molecular weight is 435 g/mol. The highest BCUT2D eigenvalue weighted by molar-refractivity contribution is 7.13. The number of nitrogens with one attached hydrogen (secondary N) is 1. The van der Waals surface area contributed by atoms with E-state index in [1.54, 1.807) is 35.6 Å². The minimum absolute atomic E-state index is 0.163. The molecule has 0 aliphatic rings. The van der Waals surface area contributed by atoms with E-state index in [0.29, 0.717) is 17.2 Å². The molecule has 0 fully saturated rings. The quantitative estimate of drug-likeness (QED) is 0.363. The Hall–Kier alpha value is -3.15. The van der Waals surface area contributed by atoms with Crippen LogP contribution in [0.2, 0.25) is 5.02 Å². The maximum absolute atomic E-state index is 12.5. The molecule has 30 heavy (non-hydrogen) atoms. The number of carbonyl (C=O) groups excluding carboxylic acids is 1. The first-order valence-electron chi connectivity index (χ1n) is 9.48. The summed E-state index contributed by atoms with van der Waals surface area (Å²) >= 11 is 7.54. The molecule has 1 N–H and O–H groups in total. The number of anilines is 1. The van der Waals surface area contributed by atoms with E-state index < -0.39 is 0 Å². The van der Waals surface area contributed by atoms with E-state index in [2.05, 4.69) is 5.32 Å². The molecule has 0 aliphatic carbocycles. The van der Waals surface area contributed by atoms with Crippen molar-refractivity contribution in [1.82, 2.24) is 4.98 Å². The Balaban J connectivity index is 1.44. The second kappa shape index (κ2) is 9.11. The number of thiazole rings is 1. The zero-order valence-electron chi connectivity index (χ0n) is 16.3. The highest BCUT2D eigenvalue weighted by atomic mass is 35.5.